The first kappa shape index (κ1) is 22.9. The van der Waals surface area contributed by atoms with Gasteiger partial charge in [0, 0.05) is 38.9 Å². The van der Waals surface area contributed by atoms with E-state index in [4.69, 9.17) is 14.2 Å². The van der Waals surface area contributed by atoms with Crippen molar-refractivity contribution in [3.63, 3.8) is 0 Å². The van der Waals surface area contributed by atoms with Crippen LogP contribution >= 0.6 is 0 Å². The number of piperidine rings is 1. The molecule has 9 nitrogen and oxygen atoms in total. The lowest BCUT2D eigenvalue weighted by Gasteiger charge is -2.39. The number of nitro benzene ring substituents is 1. The van der Waals surface area contributed by atoms with E-state index in [1.165, 1.54) is 6.07 Å². The summed E-state index contributed by atoms with van der Waals surface area (Å²) in [5.41, 5.74) is -0.599. The molecular weight excluding hydrogens is 378 g/mol. The van der Waals surface area contributed by atoms with Crippen LogP contribution in [0.3, 0.4) is 0 Å². The Morgan fingerprint density at radius 1 is 1.34 bits per heavy atom. The van der Waals surface area contributed by atoms with Gasteiger partial charge in [-0.2, -0.15) is 0 Å². The van der Waals surface area contributed by atoms with Crippen LogP contribution in [0.15, 0.2) is 24.3 Å². The minimum absolute atomic E-state index is 0.0475. The molecule has 29 heavy (non-hydrogen) atoms. The highest BCUT2D eigenvalue weighted by molar-refractivity contribution is 5.67. The molecule has 1 fully saturated rings. The Kier molecular flexibility index (Phi) is 8.21. The number of para-hydroxylation sites is 2. The summed E-state index contributed by atoms with van der Waals surface area (Å²) in [5, 5.41) is 13.9. The molecule has 1 N–H and O–H groups in total. The van der Waals surface area contributed by atoms with Gasteiger partial charge < -0.3 is 19.5 Å². The van der Waals surface area contributed by atoms with E-state index >= 15 is 0 Å². The molecule has 1 aliphatic heterocycles. The lowest BCUT2D eigenvalue weighted by Crippen LogP contribution is -2.51. The van der Waals surface area contributed by atoms with Crippen LogP contribution < -0.4 is 10.1 Å². The fourth-order valence-electron chi connectivity index (χ4n) is 3.30. The average molecular weight is 409 g/mol. The number of hydrogen-bond acceptors (Lipinski definition) is 7. The van der Waals surface area contributed by atoms with Crippen LogP contribution in [0.4, 0.5) is 10.5 Å². The number of methoxy groups -OCH3 is 1. The predicted molar refractivity (Wildman–Crippen MR) is 108 cm³/mol. The zero-order chi connectivity index (χ0) is 21.4. The van der Waals surface area contributed by atoms with Gasteiger partial charge in [0.2, 0.25) is 0 Å². The van der Waals surface area contributed by atoms with E-state index in [9.17, 15) is 14.9 Å². The maximum atomic E-state index is 12.0. The lowest BCUT2D eigenvalue weighted by atomic mass is 9.99. The van der Waals surface area contributed by atoms with Crippen LogP contribution in [0.1, 0.15) is 33.6 Å². The van der Waals surface area contributed by atoms with Gasteiger partial charge in [0.25, 0.3) is 0 Å². The maximum Gasteiger partial charge on any atom is 0.407 e. The number of nitrogens with zero attached hydrogens (tertiary/aromatic N) is 2. The molecule has 1 aromatic rings. The Morgan fingerprint density at radius 3 is 2.72 bits per heavy atom. The number of alkyl carbamates (subject to hydrolysis) is 1. The standard InChI is InChI=1S/C20H31N3O6/c1-20(2,3)29-19(24)21-14-15-13-16(27-4)9-10-22(15)11-12-28-18-8-6-5-7-17(18)23(25)26/h5-8,15-16H,9-14H2,1-4H3,(H,21,24)/t15-,16+/m0/s1. The topological polar surface area (TPSA) is 103 Å². The molecular formula is C20H31N3O6. The number of rotatable bonds is 8. The van der Waals surface area contributed by atoms with Crippen molar-refractivity contribution in [2.75, 3.05) is 33.4 Å². The second kappa shape index (κ2) is 10.4. The highest BCUT2D eigenvalue weighted by Gasteiger charge is 2.29. The van der Waals surface area contributed by atoms with Gasteiger partial charge in [-0.15, -0.1) is 0 Å². The van der Waals surface area contributed by atoms with Gasteiger partial charge in [-0.05, 0) is 39.7 Å². The number of likely N-dealkylation sites (tertiary alicyclic amines) is 1. The van der Waals surface area contributed by atoms with Crippen molar-refractivity contribution < 1.29 is 23.9 Å². The summed E-state index contributed by atoms with van der Waals surface area (Å²) >= 11 is 0. The van der Waals surface area contributed by atoms with Crippen molar-refractivity contribution in [2.45, 2.75) is 51.4 Å². The van der Waals surface area contributed by atoms with E-state index < -0.39 is 16.6 Å². The third-order valence-corrected chi connectivity index (χ3v) is 4.70. The fraction of sp³-hybridized carbons (Fsp3) is 0.650. The van der Waals surface area contributed by atoms with E-state index in [1.807, 2.05) is 20.8 Å². The summed E-state index contributed by atoms with van der Waals surface area (Å²) in [6, 6.07) is 6.40. The van der Waals surface area contributed by atoms with Crippen molar-refractivity contribution in [3.05, 3.63) is 34.4 Å². The zero-order valence-electron chi connectivity index (χ0n) is 17.6. The minimum Gasteiger partial charge on any atom is -0.485 e. The summed E-state index contributed by atoms with van der Waals surface area (Å²) in [7, 11) is 1.69. The number of ether oxygens (including phenoxy) is 3. The van der Waals surface area contributed by atoms with Crippen molar-refractivity contribution in [1.82, 2.24) is 10.2 Å². The van der Waals surface area contributed by atoms with Crippen LogP contribution in [0.2, 0.25) is 0 Å². The monoisotopic (exact) mass is 409 g/mol. The Bertz CT molecular complexity index is 691. The number of nitro groups is 1. The van der Waals surface area contributed by atoms with Gasteiger partial charge in [-0.25, -0.2) is 4.79 Å². The summed E-state index contributed by atoms with van der Waals surface area (Å²) in [4.78, 5) is 24.9. The first-order chi connectivity index (χ1) is 13.7. The van der Waals surface area contributed by atoms with Crippen molar-refractivity contribution >= 4 is 11.8 Å². The second-order valence-corrected chi connectivity index (χ2v) is 8.03. The molecule has 2 rings (SSSR count). The normalized spacial score (nSPS) is 20.1. The molecule has 0 aliphatic carbocycles. The molecule has 0 bridgehead atoms. The van der Waals surface area contributed by atoms with Crippen molar-refractivity contribution in [1.29, 1.82) is 0 Å². The van der Waals surface area contributed by atoms with Crippen LogP contribution in [0.5, 0.6) is 5.75 Å². The summed E-state index contributed by atoms with van der Waals surface area (Å²) in [5.74, 6) is 0.257. The van der Waals surface area contributed by atoms with Gasteiger partial charge in [0.1, 0.15) is 12.2 Å². The molecule has 1 heterocycles. The quantitative estimate of drug-likeness (QED) is 0.520. The summed E-state index contributed by atoms with van der Waals surface area (Å²) < 4.78 is 16.5. The van der Waals surface area contributed by atoms with Crippen molar-refractivity contribution in [3.8, 4) is 5.75 Å². The molecule has 2 atom stereocenters. The number of hydrogen-bond donors (Lipinski definition) is 1. The number of carbonyl (C=O) groups is 1. The smallest absolute Gasteiger partial charge is 0.407 e. The van der Waals surface area contributed by atoms with Gasteiger partial charge in [-0.1, -0.05) is 12.1 Å². The van der Waals surface area contributed by atoms with Gasteiger partial charge in [0.05, 0.1) is 11.0 Å². The molecule has 1 aromatic carbocycles. The Labute approximate surface area is 171 Å². The van der Waals surface area contributed by atoms with E-state index in [1.54, 1.807) is 25.3 Å². The zero-order valence-corrected chi connectivity index (χ0v) is 17.6. The second-order valence-electron chi connectivity index (χ2n) is 8.03. The van der Waals surface area contributed by atoms with Gasteiger partial charge >= 0.3 is 11.8 Å². The number of amides is 1. The Morgan fingerprint density at radius 2 is 2.07 bits per heavy atom. The Hall–Kier alpha value is -2.39. The molecule has 0 aromatic heterocycles. The molecule has 0 unspecified atom stereocenters. The maximum absolute atomic E-state index is 12.0. The van der Waals surface area contributed by atoms with E-state index in [-0.39, 0.29) is 23.6 Å². The number of benzene rings is 1. The van der Waals surface area contributed by atoms with Crippen LogP contribution in [0.25, 0.3) is 0 Å². The van der Waals surface area contributed by atoms with Gasteiger partial charge in [-0.3, -0.25) is 15.0 Å². The summed E-state index contributed by atoms with van der Waals surface area (Å²) in [6.07, 6.45) is 1.34. The molecule has 0 radical (unpaired) electrons. The SMILES string of the molecule is CO[C@@H]1CCN(CCOc2ccccc2[N+](=O)[O-])[C@H](CNC(=O)OC(C)(C)C)C1. The molecule has 1 amide bonds. The van der Waals surface area contributed by atoms with Crippen molar-refractivity contribution in [2.24, 2.45) is 0 Å². The molecule has 0 saturated carbocycles. The molecule has 162 valence electrons. The minimum atomic E-state index is -0.552. The lowest BCUT2D eigenvalue weighted by molar-refractivity contribution is -0.385. The van der Waals surface area contributed by atoms with E-state index in [0.717, 1.165) is 19.4 Å². The average Bonchev–Trinajstić information content (AvgIpc) is 2.66. The first-order valence-electron chi connectivity index (χ1n) is 9.79. The molecule has 0 spiro atoms. The number of carbonyl (C=O) groups excluding carboxylic acids is 1. The number of nitrogens with one attached hydrogen (secondary N) is 1. The van der Waals surface area contributed by atoms with Gasteiger partial charge in [0.15, 0.2) is 5.75 Å². The van der Waals surface area contributed by atoms with E-state index in [0.29, 0.717) is 19.7 Å². The highest BCUT2D eigenvalue weighted by Crippen LogP contribution is 2.26. The summed E-state index contributed by atoms with van der Waals surface area (Å²) in [6.45, 7) is 7.58. The van der Waals surface area contributed by atoms with Crippen LogP contribution in [-0.4, -0.2) is 67.0 Å². The Balaban J connectivity index is 1.91. The molecule has 1 aliphatic rings. The fourth-order valence-corrected chi connectivity index (χ4v) is 3.30. The first-order valence-corrected chi connectivity index (χ1v) is 9.79. The van der Waals surface area contributed by atoms with E-state index in [2.05, 4.69) is 10.2 Å². The third kappa shape index (κ3) is 7.51. The van der Waals surface area contributed by atoms with Crippen LogP contribution in [0, 0.1) is 10.1 Å². The van der Waals surface area contributed by atoms with Crippen LogP contribution in [-0.2, 0) is 9.47 Å². The third-order valence-electron chi connectivity index (χ3n) is 4.70. The molecule has 1 saturated heterocycles. The predicted octanol–water partition coefficient (Wildman–Crippen LogP) is 2.98. The largest absolute Gasteiger partial charge is 0.485 e. The molecule has 9 heteroatoms. The highest BCUT2D eigenvalue weighted by atomic mass is 16.6.